The first-order chi connectivity index (χ1) is 27.6. The van der Waals surface area contributed by atoms with Crippen LogP contribution in [0.4, 0.5) is 34.1 Å². The molecular weight excluding hydrogens is 727 g/mol. The largest absolute Gasteiger partial charge is 0.472 e. The standard InChI is InChI=1S/C56H71BN2O/c1-50(2,3)34-19-18-20-37(29-34)58-42-30-35(51(4,5)6)21-24-41(42)57-46-43(58)31-36(52(7,8)9)32-44(46)59(38-22-23-39-40(33-38)54(12,13)26-25-53(39,10)11)47-45-48(60-49(47)57)56(16,17)28-27-55(45,14)15/h18-24,29-33H,25-28H2,1-17H3. The fourth-order valence-electron chi connectivity index (χ4n) is 11.0. The minimum absolute atomic E-state index is 0.00441. The molecule has 0 spiro atoms. The summed E-state index contributed by atoms with van der Waals surface area (Å²) < 4.78 is 7.66. The zero-order valence-corrected chi connectivity index (χ0v) is 40.1. The normalized spacial score (nSPS) is 19.6. The molecule has 4 heteroatoms. The van der Waals surface area contributed by atoms with Crippen LogP contribution in [0.2, 0.25) is 0 Å². The van der Waals surface area contributed by atoms with Crippen LogP contribution in [-0.2, 0) is 37.9 Å². The Morgan fingerprint density at radius 2 is 1.03 bits per heavy atom. The van der Waals surface area contributed by atoms with E-state index < -0.39 is 0 Å². The molecule has 0 fully saturated rings. The van der Waals surface area contributed by atoms with Gasteiger partial charge >= 0.3 is 0 Å². The van der Waals surface area contributed by atoms with Crippen LogP contribution < -0.4 is 26.4 Å². The molecule has 0 atom stereocenters. The van der Waals surface area contributed by atoms with Crippen LogP contribution >= 0.6 is 0 Å². The van der Waals surface area contributed by atoms with Crippen LogP contribution in [0.15, 0.2) is 77.2 Å². The molecule has 0 amide bonds. The highest BCUT2D eigenvalue weighted by Gasteiger charge is 2.53. The van der Waals surface area contributed by atoms with Gasteiger partial charge in [-0.15, -0.1) is 0 Å². The Labute approximate surface area is 363 Å². The third kappa shape index (κ3) is 6.19. The van der Waals surface area contributed by atoms with Gasteiger partial charge in [0.1, 0.15) is 5.76 Å². The van der Waals surface area contributed by atoms with E-state index in [4.69, 9.17) is 4.42 Å². The van der Waals surface area contributed by atoms with Crippen LogP contribution in [0.3, 0.4) is 0 Å². The van der Waals surface area contributed by atoms with Crippen molar-refractivity contribution in [2.24, 2.45) is 0 Å². The highest BCUT2D eigenvalue weighted by Crippen LogP contribution is 2.56. The van der Waals surface area contributed by atoms with Gasteiger partial charge in [-0.25, -0.2) is 0 Å². The molecule has 0 saturated carbocycles. The molecule has 2 aliphatic carbocycles. The van der Waals surface area contributed by atoms with Crippen molar-refractivity contribution in [2.75, 3.05) is 9.80 Å². The summed E-state index contributed by atoms with van der Waals surface area (Å²) in [5, 5.41) is 0. The summed E-state index contributed by atoms with van der Waals surface area (Å²) in [5.41, 5.74) is 19.6. The second kappa shape index (κ2) is 12.7. The zero-order valence-electron chi connectivity index (χ0n) is 40.1. The third-order valence-corrected chi connectivity index (χ3v) is 15.3. The number of nitrogens with zero attached hydrogens (tertiary/aromatic N) is 2. The molecule has 0 saturated heterocycles. The van der Waals surface area contributed by atoms with Gasteiger partial charge < -0.3 is 14.2 Å². The highest BCUT2D eigenvalue weighted by atomic mass is 16.3. The highest BCUT2D eigenvalue weighted by molar-refractivity contribution is 6.99. The molecule has 0 radical (unpaired) electrons. The SMILES string of the molecule is CC(C)(C)c1cccc(N2c3cc(C(C)(C)C)ccc3B3c4oc5c(c4N(c4ccc6c(c4)C(C)(C)CCC6(C)C)c4cc(C(C)(C)C)cc2c43)C(C)(C)CCC5(C)C)c1. The second-order valence-electron chi connectivity index (χ2n) is 24.9. The lowest BCUT2D eigenvalue weighted by Gasteiger charge is -2.46. The Balaban J connectivity index is 1.45. The number of fused-ring (bicyclic) bond motifs is 7. The number of benzene rings is 4. The Morgan fingerprint density at radius 1 is 0.500 bits per heavy atom. The van der Waals surface area contributed by atoms with E-state index in [-0.39, 0.29) is 44.6 Å². The van der Waals surface area contributed by atoms with Crippen molar-refractivity contribution in [1.29, 1.82) is 0 Å². The third-order valence-electron chi connectivity index (χ3n) is 15.3. The maximum Gasteiger partial charge on any atom is 0.297 e. The molecule has 0 unspecified atom stereocenters. The van der Waals surface area contributed by atoms with Gasteiger partial charge in [-0.3, -0.25) is 0 Å². The Morgan fingerprint density at radius 3 is 1.67 bits per heavy atom. The summed E-state index contributed by atoms with van der Waals surface area (Å²) in [6, 6.07) is 29.3. The molecular formula is C56H71BN2O. The average molecular weight is 799 g/mol. The summed E-state index contributed by atoms with van der Waals surface area (Å²) in [6.45, 7) is 40.6. The predicted octanol–water partition coefficient (Wildman–Crippen LogP) is 14.0. The zero-order chi connectivity index (χ0) is 43.5. The smallest absolute Gasteiger partial charge is 0.297 e. The molecule has 2 aliphatic heterocycles. The molecule has 4 aromatic carbocycles. The second-order valence-corrected chi connectivity index (χ2v) is 24.9. The quantitative estimate of drug-likeness (QED) is 0.162. The van der Waals surface area contributed by atoms with E-state index in [2.05, 4.69) is 200 Å². The van der Waals surface area contributed by atoms with E-state index in [9.17, 15) is 0 Å². The predicted molar refractivity (Wildman–Crippen MR) is 259 cm³/mol. The van der Waals surface area contributed by atoms with E-state index in [1.807, 2.05) is 0 Å². The minimum Gasteiger partial charge on any atom is -0.472 e. The Kier molecular flexibility index (Phi) is 8.72. The van der Waals surface area contributed by atoms with Crippen LogP contribution in [0.1, 0.15) is 183 Å². The summed E-state index contributed by atoms with van der Waals surface area (Å²) in [5.74, 6) is 1.17. The first kappa shape index (κ1) is 41.2. The van der Waals surface area contributed by atoms with Gasteiger partial charge in [0.25, 0.3) is 6.71 Å². The first-order valence-electron chi connectivity index (χ1n) is 23.0. The monoisotopic (exact) mass is 799 g/mol. The lowest BCUT2D eigenvalue weighted by atomic mass is 9.35. The van der Waals surface area contributed by atoms with E-state index in [0.29, 0.717) is 0 Å². The molecule has 3 nitrogen and oxygen atoms in total. The van der Waals surface area contributed by atoms with E-state index in [1.54, 1.807) is 0 Å². The summed E-state index contributed by atoms with van der Waals surface area (Å²) in [6.07, 6.45) is 4.59. The molecule has 0 N–H and O–H groups in total. The average Bonchev–Trinajstić information content (AvgIpc) is 3.57. The molecule has 60 heavy (non-hydrogen) atoms. The summed E-state index contributed by atoms with van der Waals surface area (Å²) in [7, 11) is 0. The molecule has 4 aliphatic rings. The van der Waals surface area contributed by atoms with E-state index >= 15 is 0 Å². The van der Waals surface area contributed by atoms with Gasteiger partial charge in [0.15, 0.2) is 0 Å². The van der Waals surface area contributed by atoms with Crippen molar-refractivity contribution < 1.29 is 4.42 Å². The van der Waals surface area contributed by atoms with Gasteiger partial charge in [0.05, 0.1) is 11.3 Å². The molecule has 0 bridgehead atoms. The van der Waals surface area contributed by atoms with Crippen molar-refractivity contribution >= 4 is 57.4 Å². The fraction of sp³-hybridized carbons (Fsp3) is 0.500. The van der Waals surface area contributed by atoms with Gasteiger partial charge in [0.2, 0.25) is 0 Å². The number of rotatable bonds is 2. The minimum atomic E-state index is -0.0988. The van der Waals surface area contributed by atoms with Crippen LogP contribution in [0.5, 0.6) is 0 Å². The summed E-state index contributed by atoms with van der Waals surface area (Å²) in [4.78, 5) is 5.30. The molecule has 1 aromatic heterocycles. The Bertz CT molecular complexity index is 2580. The lowest BCUT2D eigenvalue weighted by Crippen LogP contribution is -2.61. The van der Waals surface area contributed by atoms with Crippen molar-refractivity contribution in [1.82, 2.24) is 0 Å². The van der Waals surface area contributed by atoms with Crippen LogP contribution in [0.25, 0.3) is 0 Å². The maximum atomic E-state index is 7.66. The number of hydrogen-bond donors (Lipinski definition) is 0. The molecule has 5 aromatic rings. The van der Waals surface area contributed by atoms with Crippen molar-refractivity contribution in [3.05, 3.63) is 112 Å². The van der Waals surface area contributed by atoms with E-state index in [1.165, 1.54) is 97.0 Å². The van der Waals surface area contributed by atoms with Crippen LogP contribution in [0, 0.1) is 0 Å². The molecule has 9 rings (SSSR count). The Hall–Kier alpha value is -4.18. The number of hydrogen-bond acceptors (Lipinski definition) is 3. The van der Waals surface area contributed by atoms with Gasteiger partial charge in [-0.05, 0) is 139 Å². The number of anilines is 6. The molecule has 3 heterocycles. The van der Waals surface area contributed by atoms with Gasteiger partial charge in [0, 0.05) is 39.4 Å². The lowest BCUT2D eigenvalue weighted by molar-refractivity contribution is 0.282. The molecule has 314 valence electrons. The van der Waals surface area contributed by atoms with Crippen molar-refractivity contribution in [2.45, 2.75) is 181 Å². The van der Waals surface area contributed by atoms with Gasteiger partial charge in [-0.2, -0.15) is 0 Å². The van der Waals surface area contributed by atoms with Crippen molar-refractivity contribution in [3.8, 4) is 0 Å². The number of furan rings is 1. The maximum absolute atomic E-state index is 7.66. The van der Waals surface area contributed by atoms with Crippen LogP contribution in [-0.4, -0.2) is 6.71 Å². The van der Waals surface area contributed by atoms with Crippen molar-refractivity contribution in [3.63, 3.8) is 0 Å². The fourth-order valence-corrected chi connectivity index (χ4v) is 11.0. The first-order valence-corrected chi connectivity index (χ1v) is 23.0. The van der Waals surface area contributed by atoms with Gasteiger partial charge in [-0.1, -0.05) is 148 Å². The summed E-state index contributed by atoms with van der Waals surface area (Å²) >= 11 is 0. The van der Waals surface area contributed by atoms with E-state index in [0.717, 1.165) is 18.5 Å². The topological polar surface area (TPSA) is 19.6 Å².